The molecule has 18 heavy (non-hydrogen) atoms. The minimum absolute atomic E-state index is 0.552. The summed E-state index contributed by atoms with van der Waals surface area (Å²) in [5.41, 5.74) is 0. The quantitative estimate of drug-likeness (QED) is 0.737. The van der Waals surface area contributed by atoms with Crippen molar-refractivity contribution in [3.05, 3.63) is 0 Å². The molecule has 1 N–H and O–H groups in total. The van der Waals surface area contributed by atoms with E-state index in [1.165, 1.54) is 51.6 Å². The summed E-state index contributed by atoms with van der Waals surface area (Å²) >= 11 is 0. The molecular formula is C15H30N2O. The van der Waals surface area contributed by atoms with E-state index in [1.807, 2.05) is 0 Å². The maximum Gasteiger partial charge on any atom is 0.0594 e. The van der Waals surface area contributed by atoms with Crippen molar-refractivity contribution in [1.82, 2.24) is 10.2 Å². The third-order valence-electron chi connectivity index (χ3n) is 4.39. The lowest BCUT2D eigenvalue weighted by Crippen LogP contribution is -2.37. The average Bonchev–Trinajstić information content (AvgIpc) is 2.85. The first kappa shape index (κ1) is 14.3. The van der Waals surface area contributed by atoms with Gasteiger partial charge in [-0.3, -0.25) is 4.90 Å². The molecule has 106 valence electrons. The summed E-state index contributed by atoms with van der Waals surface area (Å²) in [4.78, 5) is 2.56. The monoisotopic (exact) mass is 254 g/mol. The molecular weight excluding hydrogens is 224 g/mol. The van der Waals surface area contributed by atoms with Gasteiger partial charge >= 0.3 is 0 Å². The Bertz CT molecular complexity index is 227. The van der Waals surface area contributed by atoms with Crippen LogP contribution in [0.4, 0.5) is 0 Å². The lowest BCUT2D eigenvalue weighted by molar-refractivity contribution is 0.0294. The number of ether oxygens (including phenoxy) is 1. The van der Waals surface area contributed by atoms with Crippen molar-refractivity contribution in [1.29, 1.82) is 0 Å². The molecule has 1 atom stereocenters. The standard InChI is InChI=1S/C15H30N2O/c1-13(2)17-10-8-14(12-17)16-9-11-18-15-6-4-3-5-7-15/h13-16H,3-12H2,1-2H3. The van der Waals surface area contributed by atoms with Crippen molar-refractivity contribution in [2.75, 3.05) is 26.2 Å². The highest BCUT2D eigenvalue weighted by atomic mass is 16.5. The molecule has 1 aliphatic heterocycles. The van der Waals surface area contributed by atoms with Gasteiger partial charge in [-0.25, -0.2) is 0 Å². The summed E-state index contributed by atoms with van der Waals surface area (Å²) in [6, 6.07) is 1.37. The molecule has 1 aliphatic carbocycles. The van der Waals surface area contributed by atoms with Crippen LogP contribution in [0.2, 0.25) is 0 Å². The van der Waals surface area contributed by atoms with Gasteiger partial charge in [-0.1, -0.05) is 19.3 Å². The Morgan fingerprint density at radius 2 is 1.94 bits per heavy atom. The Kier molecular flexibility index (Phi) is 5.93. The Balaban J connectivity index is 1.51. The molecule has 1 unspecified atom stereocenters. The molecule has 0 aromatic heterocycles. The SMILES string of the molecule is CC(C)N1CCC(NCCOC2CCCCC2)C1. The highest BCUT2D eigenvalue weighted by Crippen LogP contribution is 2.20. The first-order valence-electron chi connectivity index (χ1n) is 7.84. The molecule has 2 rings (SSSR count). The van der Waals surface area contributed by atoms with E-state index in [0.29, 0.717) is 18.2 Å². The molecule has 1 heterocycles. The van der Waals surface area contributed by atoms with E-state index >= 15 is 0 Å². The van der Waals surface area contributed by atoms with Gasteiger partial charge in [-0.05, 0) is 39.7 Å². The third kappa shape index (κ3) is 4.52. The van der Waals surface area contributed by atoms with Crippen LogP contribution in [-0.4, -0.2) is 49.3 Å². The van der Waals surface area contributed by atoms with Crippen LogP contribution in [0.1, 0.15) is 52.4 Å². The highest BCUT2D eigenvalue weighted by Gasteiger charge is 2.23. The third-order valence-corrected chi connectivity index (χ3v) is 4.39. The van der Waals surface area contributed by atoms with E-state index in [2.05, 4.69) is 24.1 Å². The number of hydrogen-bond donors (Lipinski definition) is 1. The largest absolute Gasteiger partial charge is 0.377 e. The van der Waals surface area contributed by atoms with Crippen LogP contribution in [0.3, 0.4) is 0 Å². The molecule has 0 radical (unpaired) electrons. The van der Waals surface area contributed by atoms with Crippen molar-refractivity contribution in [2.45, 2.75) is 70.6 Å². The number of hydrogen-bond acceptors (Lipinski definition) is 3. The van der Waals surface area contributed by atoms with Gasteiger partial charge in [-0.15, -0.1) is 0 Å². The van der Waals surface area contributed by atoms with Crippen molar-refractivity contribution in [3.63, 3.8) is 0 Å². The fourth-order valence-electron chi connectivity index (χ4n) is 3.14. The van der Waals surface area contributed by atoms with Crippen LogP contribution >= 0.6 is 0 Å². The molecule has 1 saturated carbocycles. The minimum Gasteiger partial charge on any atom is -0.377 e. The fraction of sp³-hybridized carbons (Fsp3) is 1.00. The first-order valence-corrected chi connectivity index (χ1v) is 7.84. The van der Waals surface area contributed by atoms with Crippen LogP contribution in [0.15, 0.2) is 0 Å². The van der Waals surface area contributed by atoms with Gasteiger partial charge in [0.25, 0.3) is 0 Å². The van der Waals surface area contributed by atoms with Gasteiger partial charge in [0.2, 0.25) is 0 Å². The highest BCUT2D eigenvalue weighted by molar-refractivity contribution is 4.82. The van der Waals surface area contributed by atoms with Crippen molar-refractivity contribution in [3.8, 4) is 0 Å². The zero-order chi connectivity index (χ0) is 12.8. The summed E-state index contributed by atoms with van der Waals surface area (Å²) in [5, 5.41) is 3.64. The van der Waals surface area contributed by atoms with Gasteiger partial charge in [0.1, 0.15) is 0 Å². The summed E-state index contributed by atoms with van der Waals surface area (Å²) < 4.78 is 5.94. The average molecular weight is 254 g/mol. The maximum absolute atomic E-state index is 5.94. The summed E-state index contributed by atoms with van der Waals surface area (Å²) in [5.74, 6) is 0. The van der Waals surface area contributed by atoms with E-state index in [-0.39, 0.29) is 0 Å². The lowest BCUT2D eigenvalue weighted by Gasteiger charge is -2.23. The van der Waals surface area contributed by atoms with E-state index in [4.69, 9.17) is 4.74 Å². The molecule has 0 amide bonds. The predicted molar refractivity (Wildman–Crippen MR) is 75.9 cm³/mol. The number of rotatable bonds is 6. The van der Waals surface area contributed by atoms with Crippen LogP contribution in [0.25, 0.3) is 0 Å². The van der Waals surface area contributed by atoms with E-state index in [9.17, 15) is 0 Å². The Hall–Kier alpha value is -0.120. The summed E-state index contributed by atoms with van der Waals surface area (Å²) in [6.45, 7) is 8.94. The van der Waals surface area contributed by atoms with Gasteiger partial charge < -0.3 is 10.1 Å². The van der Waals surface area contributed by atoms with Crippen LogP contribution in [0, 0.1) is 0 Å². The fourth-order valence-corrected chi connectivity index (χ4v) is 3.14. The summed E-state index contributed by atoms with van der Waals surface area (Å²) in [7, 11) is 0. The summed E-state index contributed by atoms with van der Waals surface area (Å²) in [6.07, 6.45) is 8.55. The van der Waals surface area contributed by atoms with Crippen LogP contribution in [-0.2, 0) is 4.74 Å². The molecule has 3 nitrogen and oxygen atoms in total. The number of likely N-dealkylation sites (tertiary alicyclic amines) is 1. The van der Waals surface area contributed by atoms with E-state index < -0.39 is 0 Å². The molecule has 0 aromatic carbocycles. The predicted octanol–water partition coefficient (Wildman–Crippen LogP) is 2.41. The minimum atomic E-state index is 0.552. The van der Waals surface area contributed by atoms with Gasteiger partial charge in [0.05, 0.1) is 12.7 Å². The van der Waals surface area contributed by atoms with Gasteiger partial charge in [0, 0.05) is 25.2 Å². The molecule has 0 spiro atoms. The molecule has 1 saturated heterocycles. The van der Waals surface area contributed by atoms with Crippen molar-refractivity contribution in [2.24, 2.45) is 0 Å². The Morgan fingerprint density at radius 1 is 1.17 bits per heavy atom. The Morgan fingerprint density at radius 3 is 2.61 bits per heavy atom. The smallest absolute Gasteiger partial charge is 0.0594 e. The van der Waals surface area contributed by atoms with Crippen LogP contribution < -0.4 is 5.32 Å². The van der Waals surface area contributed by atoms with E-state index in [1.54, 1.807) is 0 Å². The van der Waals surface area contributed by atoms with Gasteiger partial charge in [-0.2, -0.15) is 0 Å². The first-order chi connectivity index (χ1) is 8.75. The molecule has 0 bridgehead atoms. The second kappa shape index (κ2) is 7.46. The van der Waals surface area contributed by atoms with Gasteiger partial charge in [0.15, 0.2) is 0 Å². The normalized spacial score (nSPS) is 27.2. The second-order valence-corrected chi connectivity index (χ2v) is 6.16. The zero-order valence-corrected chi connectivity index (χ0v) is 12.2. The lowest BCUT2D eigenvalue weighted by atomic mass is 9.98. The second-order valence-electron chi connectivity index (χ2n) is 6.16. The zero-order valence-electron chi connectivity index (χ0n) is 12.2. The van der Waals surface area contributed by atoms with E-state index in [0.717, 1.165) is 13.2 Å². The van der Waals surface area contributed by atoms with Crippen molar-refractivity contribution < 1.29 is 4.74 Å². The number of nitrogens with zero attached hydrogens (tertiary/aromatic N) is 1. The molecule has 2 fully saturated rings. The topological polar surface area (TPSA) is 24.5 Å². The molecule has 0 aromatic rings. The molecule has 2 aliphatic rings. The number of nitrogens with one attached hydrogen (secondary N) is 1. The Labute approximate surface area is 112 Å². The molecule has 3 heteroatoms. The van der Waals surface area contributed by atoms with Crippen LogP contribution in [0.5, 0.6) is 0 Å². The maximum atomic E-state index is 5.94. The van der Waals surface area contributed by atoms with Crippen molar-refractivity contribution >= 4 is 0 Å².